The SMILES string of the molecule is Cc1nc(C(=O)N(C)C2CCNCC2)nn1-c1ccc(Cl)cc1. The third kappa shape index (κ3) is 3.38. The average molecular weight is 334 g/mol. The van der Waals surface area contributed by atoms with Crippen LogP contribution in [0.5, 0.6) is 0 Å². The molecule has 122 valence electrons. The van der Waals surface area contributed by atoms with Crippen molar-refractivity contribution in [3.63, 3.8) is 0 Å². The van der Waals surface area contributed by atoms with Crippen molar-refractivity contribution in [1.29, 1.82) is 0 Å². The number of aryl methyl sites for hydroxylation is 1. The molecular weight excluding hydrogens is 314 g/mol. The Kier molecular flexibility index (Phi) is 4.63. The quantitative estimate of drug-likeness (QED) is 0.933. The standard InChI is InChI=1S/C16H20ClN5O/c1-11-19-15(16(23)21(2)13-7-9-18-10-8-13)20-22(11)14-5-3-12(17)4-6-14/h3-6,13,18H,7-10H2,1-2H3. The predicted molar refractivity (Wildman–Crippen MR) is 89.1 cm³/mol. The van der Waals surface area contributed by atoms with Crippen LogP contribution in [0.2, 0.25) is 5.02 Å². The summed E-state index contributed by atoms with van der Waals surface area (Å²) in [5.41, 5.74) is 0.836. The summed E-state index contributed by atoms with van der Waals surface area (Å²) in [4.78, 5) is 18.7. The number of carbonyl (C=O) groups excluding carboxylic acids is 1. The Hall–Kier alpha value is -1.92. The first-order valence-electron chi connectivity index (χ1n) is 7.74. The molecule has 0 saturated carbocycles. The van der Waals surface area contributed by atoms with Gasteiger partial charge in [0.25, 0.3) is 5.91 Å². The number of carbonyl (C=O) groups is 1. The summed E-state index contributed by atoms with van der Waals surface area (Å²) in [6.45, 7) is 3.71. The van der Waals surface area contributed by atoms with Crippen molar-refractivity contribution in [3.8, 4) is 5.69 Å². The lowest BCUT2D eigenvalue weighted by Gasteiger charge is -2.30. The number of nitrogens with zero attached hydrogens (tertiary/aromatic N) is 4. The molecule has 23 heavy (non-hydrogen) atoms. The zero-order valence-electron chi connectivity index (χ0n) is 13.3. The van der Waals surface area contributed by atoms with Gasteiger partial charge in [-0.25, -0.2) is 9.67 Å². The van der Waals surface area contributed by atoms with Crippen LogP contribution in [0.1, 0.15) is 29.3 Å². The monoisotopic (exact) mass is 333 g/mol. The highest BCUT2D eigenvalue weighted by molar-refractivity contribution is 6.30. The lowest BCUT2D eigenvalue weighted by atomic mass is 10.1. The maximum Gasteiger partial charge on any atom is 0.293 e. The summed E-state index contributed by atoms with van der Waals surface area (Å²) in [7, 11) is 1.83. The van der Waals surface area contributed by atoms with E-state index in [1.165, 1.54) is 0 Å². The Morgan fingerprint density at radius 2 is 1.96 bits per heavy atom. The molecule has 2 aromatic rings. The predicted octanol–water partition coefficient (Wildman–Crippen LogP) is 2.05. The topological polar surface area (TPSA) is 63.1 Å². The number of nitrogens with one attached hydrogen (secondary N) is 1. The minimum absolute atomic E-state index is 0.132. The van der Waals surface area contributed by atoms with E-state index in [-0.39, 0.29) is 17.8 Å². The molecule has 0 radical (unpaired) electrons. The minimum Gasteiger partial charge on any atom is -0.336 e. The molecule has 0 aliphatic carbocycles. The normalized spacial score (nSPS) is 15.6. The summed E-state index contributed by atoms with van der Waals surface area (Å²) < 4.78 is 1.67. The second-order valence-corrected chi connectivity index (χ2v) is 6.20. The summed E-state index contributed by atoms with van der Waals surface area (Å²) in [5.74, 6) is 0.778. The molecule has 6 nitrogen and oxygen atoms in total. The van der Waals surface area contributed by atoms with Crippen LogP contribution < -0.4 is 5.32 Å². The highest BCUT2D eigenvalue weighted by atomic mass is 35.5. The van der Waals surface area contributed by atoms with Gasteiger partial charge in [-0.1, -0.05) is 11.6 Å². The van der Waals surface area contributed by atoms with Crippen molar-refractivity contribution < 1.29 is 4.79 Å². The molecule has 1 aliphatic heterocycles. The van der Waals surface area contributed by atoms with Crippen molar-refractivity contribution >= 4 is 17.5 Å². The molecule has 0 atom stereocenters. The maximum atomic E-state index is 12.6. The number of halogens is 1. The van der Waals surface area contributed by atoms with Gasteiger partial charge in [0.1, 0.15) is 5.82 Å². The fourth-order valence-corrected chi connectivity index (χ4v) is 2.95. The highest BCUT2D eigenvalue weighted by Crippen LogP contribution is 2.16. The molecule has 1 aromatic carbocycles. The van der Waals surface area contributed by atoms with Gasteiger partial charge in [0, 0.05) is 18.1 Å². The number of hydrogen-bond donors (Lipinski definition) is 1. The van der Waals surface area contributed by atoms with E-state index in [0.717, 1.165) is 31.6 Å². The first kappa shape index (κ1) is 16.0. The van der Waals surface area contributed by atoms with Crippen LogP contribution in [0.4, 0.5) is 0 Å². The van der Waals surface area contributed by atoms with Crippen LogP contribution in [0.25, 0.3) is 5.69 Å². The van der Waals surface area contributed by atoms with Gasteiger partial charge in [0.05, 0.1) is 5.69 Å². The first-order valence-corrected chi connectivity index (χ1v) is 8.11. The second-order valence-electron chi connectivity index (χ2n) is 5.77. The van der Waals surface area contributed by atoms with Gasteiger partial charge in [-0.3, -0.25) is 4.79 Å². The van der Waals surface area contributed by atoms with Gasteiger partial charge in [0.2, 0.25) is 5.82 Å². The fourth-order valence-electron chi connectivity index (χ4n) is 2.83. The highest BCUT2D eigenvalue weighted by Gasteiger charge is 2.26. The molecule has 1 fully saturated rings. The van der Waals surface area contributed by atoms with E-state index in [9.17, 15) is 4.79 Å². The molecule has 1 saturated heterocycles. The molecule has 7 heteroatoms. The molecule has 1 amide bonds. The number of hydrogen-bond acceptors (Lipinski definition) is 4. The largest absolute Gasteiger partial charge is 0.336 e. The summed E-state index contributed by atoms with van der Waals surface area (Å²) in [6.07, 6.45) is 1.91. The number of amides is 1. The van der Waals surface area contributed by atoms with Crippen molar-refractivity contribution in [1.82, 2.24) is 25.0 Å². The van der Waals surface area contributed by atoms with Crippen LogP contribution in [-0.4, -0.2) is 51.8 Å². The first-order chi connectivity index (χ1) is 11.1. The fraction of sp³-hybridized carbons (Fsp3) is 0.438. The van der Waals surface area contributed by atoms with Crippen molar-refractivity contribution in [3.05, 3.63) is 40.9 Å². The minimum atomic E-state index is -0.132. The van der Waals surface area contributed by atoms with Gasteiger partial charge in [0.15, 0.2) is 0 Å². The molecule has 2 heterocycles. The lowest BCUT2D eigenvalue weighted by Crippen LogP contribution is -2.44. The van der Waals surface area contributed by atoms with Crippen molar-refractivity contribution in [2.45, 2.75) is 25.8 Å². The molecule has 0 bridgehead atoms. The third-order valence-electron chi connectivity index (χ3n) is 4.21. The zero-order valence-corrected chi connectivity index (χ0v) is 14.0. The van der Waals surface area contributed by atoms with Crippen molar-refractivity contribution in [2.75, 3.05) is 20.1 Å². The van der Waals surface area contributed by atoms with E-state index in [1.54, 1.807) is 21.7 Å². The Bertz CT molecular complexity index is 691. The van der Waals surface area contributed by atoms with Gasteiger partial charge < -0.3 is 10.2 Å². The lowest BCUT2D eigenvalue weighted by molar-refractivity contribution is 0.0691. The van der Waals surface area contributed by atoms with E-state index in [2.05, 4.69) is 15.4 Å². The zero-order chi connectivity index (χ0) is 16.4. The molecule has 0 unspecified atom stereocenters. The Morgan fingerprint density at radius 3 is 2.61 bits per heavy atom. The number of aromatic nitrogens is 3. The van der Waals surface area contributed by atoms with Gasteiger partial charge in [-0.15, -0.1) is 5.10 Å². The molecule has 3 rings (SSSR count). The van der Waals surface area contributed by atoms with E-state index < -0.39 is 0 Å². The number of piperidine rings is 1. The van der Waals surface area contributed by atoms with Crippen LogP contribution >= 0.6 is 11.6 Å². The Labute approximate surface area is 140 Å². The second kappa shape index (κ2) is 6.68. The number of benzene rings is 1. The van der Waals surface area contributed by atoms with Gasteiger partial charge in [-0.05, 0) is 57.1 Å². The average Bonchev–Trinajstić information content (AvgIpc) is 2.97. The molecular formula is C16H20ClN5O. The van der Waals surface area contributed by atoms with Crippen molar-refractivity contribution in [2.24, 2.45) is 0 Å². The third-order valence-corrected chi connectivity index (χ3v) is 4.46. The molecule has 1 aliphatic rings. The smallest absolute Gasteiger partial charge is 0.293 e. The van der Waals surface area contributed by atoms with Crippen LogP contribution in [0.15, 0.2) is 24.3 Å². The molecule has 1 N–H and O–H groups in total. The van der Waals surface area contributed by atoms with Crippen LogP contribution in [0.3, 0.4) is 0 Å². The molecule has 0 spiro atoms. The van der Waals surface area contributed by atoms with Gasteiger partial charge >= 0.3 is 0 Å². The summed E-state index contributed by atoms with van der Waals surface area (Å²) in [6, 6.07) is 7.54. The van der Waals surface area contributed by atoms with E-state index in [4.69, 9.17) is 11.6 Å². The van der Waals surface area contributed by atoms with E-state index in [0.29, 0.717) is 10.8 Å². The Morgan fingerprint density at radius 1 is 1.30 bits per heavy atom. The van der Waals surface area contributed by atoms with E-state index in [1.807, 2.05) is 26.1 Å². The summed E-state index contributed by atoms with van der Waals surface area (Å²) >= 11 is 5.91. The number of rotatable bonds is 3. The van der Waals surface area contributed by atoms with Gasteiger partial charge in [-0.2, -0.15) is 0 Å². The maximum absolute atomic E-state index is 12.6. The summed E-state index contributed by atoms with van der Waals surface area (Å²) in [5, 5.41) is 8.35. The molecule has 1 aromatic heterocycles. The van der Waals surface area contributed by atoms with Crippen LogP contribution in [-0.2, 0) is 0 Å². The van der Waals surface area contributed by atoms with E-state index >= 15 is 0 Å². The van der Waals surface area contributed by atoms with Crippen LogP contribution in [0, 0.1) is 6.92 Å². The Balaban J connectivity index is 1.82.